The van der Waals surface area contributed by atoms with Crippen LogP contribution in [0.5, 0.6) is 0 Å². The first-order chi connectivity index (χ1) is 7.21. The molecule has 0 aliphatic rings. The summed E-state index contributed by atoms with van der Waals surface area (Å²) in [4.78, 5) is 12.8. The number of thiophene rings is 1. The number of carbonyl (C=O) groups is 1. The van der Waals surface area contributed by atoms with Crippen molar-refractivity contribution >= 4 is 28.7 Å². The molecular formula is C13H19ClOS. The Balaban J connectivity index is 2.73. The van der Waals surface area contributed by atoms with E-state index in [0.29, 0.717) is 12.3 Å². The Labute approximate surface area is 107 Å². The van der Waals surface area contributed by atoms with Crippen LogP contribution in [-0.4, -0.2) is 5.78 Å². The third-order valence-electron chi connectivity index (χ3n) is 3.10. The first kappa shape index (κ1) is 13.7. The largest absolute Gasteiger partial charge is 0.293 e. The van der Waals surface area contributed by atoms with Gasteiger partial charge in [-0.15, -0.1) is 11.3 Å². The van der Waals surface area contributed by atoms with Crippen LogP contribution >= 0.6 is 22.9 Å². The third kappa shape index (κ3) is 3.33. The van der Waals surface area contributed by atoms with E-state index in [9.17, 15) is 4.79 Å². The summed E-state index contributed by atoms with van der Waals surface area (Å²) >= 11 is 7.36. The highest BCUT2D eigenvalue weighted by molar-refractivity contribution is 7.18. The Morgan fingerprint density at radius 3 is 2.44 bits per heavy atom. The zero-order valence-corrected chi connectivity index (χ0v) is 12.1. The molecule has 3 heteroatoms. The summed E-state index contributed by atoms with van der Waals surface area (Å²) in [5.41, 5.74) is 1.17. The lowest BCUT2D eigenvalue weighted by molar-refractivity contribution is 0.0931. The highest BCUT2D eigenvalue weighted by Gasteiger charge is 2.24. The van der Waals surface area contributed by atoms with E-state index in [-0.39, 0.29) is 11.2 Å². The highest BCUT2D eigenvalue weighted by Crippen LogP contribution is 2.32. The number of halogens is 1. The minimum absolute atomic E-state index is 0.172. The maximum atomic E-state index is 12.0. The van der Waals surface area contributed by atoms with E-state index in [4.69, 9.17) is 11.6 Å². The molecule has 0 bridgehead atoms. The number of hydrogen-bond donors (Lipinski definition) is 0. The van der Waals surface area contributed by atoms with Crippen LogP contribution in [0.3, 0.4) is 0 Å². The molecule has 0 spiro atoms. The van der Waals surface area contributed by atoms with Crippen LogP contribution in [-0.2, 0) is 0 Å². The average Bonchev–Trinajstić information content (AvgIpc) is 2.45. The van der Waals surface area contributed by atoms with Crippen molar-refractivity contribution in [2.24, 2.45) is 11.3 Å². The summed E-state index contributed by atoms with van der Waals surface area (Å²) in [5.74, 6) is 0.587. The van der Waals surface area contributed by atoms with Crippen LogP contribution < -0.4 is 0 Å². The fourth-order valence-corrected chi connectivity index (χ4v) is 2.43. The second-order valence-corrected chi connectivity index (χ2v) is 7.12. The Bertz CT molecular complexity index is 368. The van der Waals surface area contributed by atoms with Gasteiger partial charge in [-0.05, 0) is 29.9 Å². The third-order valence-corrected chi connectivity index (χ3v) is 4.70. The minimum atomic E-state index is 0.172. The number of aryl methyl sites for hydroxylation is 1. The molecule has 1 atom stereocenters. The smallest absolute Gasteiger partial charge is 0.173 e. The van der Waals surface area contributed by atoms with Crippen LogP contribution in [0.4, 0.5) is 0 Å². The van der Waals surface area contributed by atoms with Crippen LogP contribution in [0.25, 0.3) is 0 Å². The van der Waals surface area contributed by atoms with Crippen molar-refractivity contribution in [3.63, 3.8) is 0 Å². The standard InChI is InChI=1S/C13H19ClOS/c1-8-6-11(16-12(8)14)10(15)7-9(2)13(3,4)5/h6,9H,7H2,1-5H3. The lowest BCUT2D eigenvalue weighted by atomic mass is 9.79. The van der Waals surface area contributed by atoms with Crippen LogP contribution in [0.2, 0.25) is 4.34 Å². The van der Waals surface area contributed by atoms with Crippen LogP contribution in [0.15, 0.2) is 6.07 Å². The molecule has 0 saturated carbocycles. The molecule has 1 nitrogen and oxygen atoms in total. The summed E-state index contributed by atoms with van der Waals surface area (Å²) < 4.78 is 0.728. The number of hydrogen-bond acceptors (Lipinski definition) is 2. The van der Waals surface area contributed by atoms with E-state index in [1.54, 1.807) is 0 Å². The SMILES string of the molecule is Cc1cc(C(=O)CC(C)C(C)(C)C)sc1Cl. The van der Waals surface area contributed by atoms with Crippen molar-refractivity contribution in [1.82, 2.24) is 0 Å². The lowest BCUT2D eigenvalue weighted by Gasteiger charge is -2.26. The zero-order valence-electron chi connectivity index (χ0n) is 10.6. The fraction of sp³-hybridized carbons (Fsp3) is 0.615. The van der Waals surface area contributed by atoms with Crippen molar-refractivity contribution in [2.45, 2.75) is 41.0 Å². The predicted octanol–water partition coefficient (Wildman–Crippen LogP) is 4.96. The molecule has 0 amide bonds. The van der Waals surface area contributed by atoms with Crippen LogP contribution in [0.1, 0.15) is 49.4 Å². The number of carbonyl (C=O) groups excluding carboxylic acids is 1. The first-order valence-electron chi connectivity index (χ1n) is 5.51. The summed E-state index contributed by atoms with van der Waals surface area (Å²) in [7, 11) is 0. The maximum Gasteiger partial charge on any atom is 0.173 e. The molecule has 0 radical (unpaired) electrons. The van der Waals surface area contributed by atoms with Crippen LogP contribution in [0, 0.1) is 18.3 Å². The van der Waals surface area contributed by atoms with Gasteiger partial charge in [0.05, 0.1) is 9.21 Å². The molecule has 0 aliphatic heterocycles. The quantitative estimate of drug-likeness (QED) is 0.700. The van der Waals surface area contributed by atoms with Crippen molar-refractivity contribution in [1.29, 1.82) is 0 Å². The van der Waals surface area contributed by atoms with E-state index in [1.165, 1.54) is 11.3 Å². The maximum absolute atomic E-state index is 12.0. The van der Waals surface area contributed by atoms with Crippen molar-refractivity contribution in [3.05, 3.63) is 20.8 Å². The fourth-order valence-electron chi connectivity index (χ4n) is 1.28. The van der Waals surface area contributed by atoms with Gasteiger partial charge in [0.15, 0.2) is 5.78 Å². The van der Waals surface area contributed by atoms with Gasteiger partial charge >= 0.3 is 0 Å². The van der Waals surface area contributed by atoms with E-state index < -0.39 is 0 Å². The molecule has 1 aromatic rings. The predicted molar refractivity (Wildman–Crippen MR) is 71.6 cm³/mol. The molecule has 1 unspecified atom stereocenters. The number of Topliss-reactive ketones (excluding diaryl/α,β-unsaturated/α-hetero) is 1. The van der Waals surface area contributed by atoms with Gasteiger partial charge in [0.1, 0.15) is 0 Å². The molecule has 0 N–H and O–H groups in total. The highest BCUT2D eigenvalue weighted by atomic mass is 35.5. The molecule has 0 aromatic carbocycles. The molecule has 0 saturated heterocycles. The Hall–Kier alpha value is -0.340. The van der Waals surface area contributed by atoms with Gasteiger partial charge in [-0.3, -0.25) is 4.79 Å². The molecule has 16 heavy (non-hydrogen) atoms. The van der Waals surface area contributed by atoms with Gasteiger partial charge in [0.25, 0.3) is 0 Å². The zero-order chi connectivity index (χ0) is 12.5. The summed E-state index contributed by atoms with van der Waals surface area (Å²) in [5, 5.41) is 0. The Morgan fingerprint density at radius 1 is 1.50 bits per heavy atom. The minimum Gasteiger partial charge on any atom is -0.293 e. The molecule has 0 fully saturated rings. The van der Waals surface area contributed by atoms with E-state index >= 15 is 0 Å². The van der Waals surface area contributed by atoms with E-state index in [0.717, 1.165) is 14.8 Å². The van der Waals surface area contributed by atoms with Crippen molar-refractivity contribution in [2.75, 3.05) is 0 Å². The number of ketones is 1. The summed E-state index contributed by atoms with van der Waals surface area (Å²) in [6, 6.07) is 1.89. The molecule has 1 heterocycles. The molecule has 90 valence electrons. The van der Waals surface area contributed by atoms with Gasteiger partial charge < -0.3 is 0 Å². The van der Waals surface area contributed by atoms with E-state index in [2.05, 4.69) is 27.7 Å². The summed E-state index contributed by atoms with van der Waals surface area (Å²) in [6.45, 7) is 10.6. The van der Waals surface area contributed by atoms with Gasteiger partial charge in [-0.2, -0.15) is 0 Å². The first-order valence-corrected chi connectivity index (χ1v) is 6.70. The molecule has 1 aromatic heterocycles. The Kier molecular flexibility index (Phi) is 4.19. The Morgan fingerprint density at radius 2 is 2.06 bits per heavy atom. The van der Waals surface area contributed by atoms with E-state index in [1.807, 2.05) is 13.0 Å². The monoisotopic (exact) mass is 258 g/mol. The van der Waals surface area contributed by atoms with Crippen molar-refractivity contribution < 1.29 is 4.79 Å². The van der Waals surface area contributed by atoms with Gasteiger partial charge in [-0.1, -0.05) is 39.3 Å². The molecule has 0 aliphatic carbocycles. The lowest BCUT2D eigenvalue weighted by Crippen LogP contribution is -2.20. The molecule has 1 rings (SSSR count). The second kappa shape index (κ2) is 4.89. The average molecular weight is 259 g/mol. The normalized spacial score (nSPS) is 13.9. The van der Waals surface area contributed by atoms with Crippen molar-refractivity contribution in [3.8, 4) is 0 Å². The second-order valence-electron chi connectivity index (χ2n) is 5.46. The van der Waals surface area contributed by atoms with Gasteiger partial charge in [-0.25, -0.2) is 0 Å². The van der Waals surface area contributed by atoms with Gasteiger partial charge in [0.2, 0.25) is 0 Å². The van der Waals surface area contributed by atoms with Gasteiger partial charge in [0, 0.05) is 6.42 Å². The topological polar surface area (TPSA) is 17.1 Å². The molecular weight excluding hydrogens is 240 g/mol. The summed E-state index contributed by atoms with van der Waals surface area (Å²) in [6.07, 6.45) is 0.597. The number of rotatable bonds is 3.